The van der Waals surface area contributed by atoms with Gasteiger partial charge in [0.25, 0.3) is 5.91 Å². The minimum Gasteiger partial charge on any atom is -0.454 e. The minimum atomic E-state index is -1.25. The molecule has 0 saturated carbocycles. The van der Waals surface area contributed by atoms with E-state index in [1.54, 1.807) is 25.1 Å². The number of nitrogens with one attached hydrogen (secondary N) is 1. The van der Waals surface area contributed by atoms with E-state index in [2.05, 4.69) is 31.4 Å². The Balaban J connectivity index is 1.40. The normalized spacial score (nSPS) is 20.0. The van der Waals surface area contributed by atoms with Gasteiger partial charge in [-0.25, -0.2) is 4.79 Å². The van der Waals surface area contributed by atoms with Crippen LogP contribution >= 0.6 is 15.9 Å². The smallest absolute Gasteiger partial charge is 0.325 e. The fraction of sp³-hybridized carbons (Fsp3) is 0.200. The van der Waals surface area contributed by atoms with Gasteiger partial charge in [-0.05, 0) is 52.7 Å². The van der Waals surface area contributed by atoms with E-state index in [9.17, 15) is 9.59 Å². The first-order valence-electron chi connectivity index (χ1n) is 9.07. The first-order valence-corrected chi connectivity index (χ1v) is 9.86. The predicted molar refractivity (Wildman–Crippen MR) is 106 cm³/mol. The average molecular weight is 471 g/mol. The molecule has 1 aromatic heterocycles. The zero-order valence-corrected chi connectivity index (χ0v) is 17.3. The third-order valence-corrected chi connectivity index (χ3v) is 5.78. The van der Waals surface area contributed by atoms with E-state index < -0.39 is 17.5 Å². The van der Waals surface area contributed by atoms with Crippen molar-refractivity contribution in [3.63, 3.8) is 0 Å². The number of rotatable bonds is 4. The highest BCUT2D eigenvalue weighted by Crippen LogP contribution is 2.38. The van der Waals surface area contributed by atoms with Gasteiger partial charge in [-0.3, -0.25) is 9.69 Å². The Kier molecular flexibility index (Phi) is 4.24. The highest BCUT2D eigenvalue weighted by Gasteiger charge is 2.49. The Morgan fingerprint density at radius 2 is 1.93 bits per heavy atom. The predicted octanol–water partition coefficient (Wildman–Crippen LogP) is 3.20. The number of amides is 3. The number of hydrogen-bond acceptors (Lipinski definition) is 7. The molecule has 0 spiro atoms. The van der Waals surface area contributed by atoms with Crippen molar-refractivity contribution in [2.75, 3.05) is 6.79 Å². The van der Waals surface area contributed by atoms with Gasteiger partial charge in [0.1, 0.15) is 12.1 Å². The molecule has 1 fully saturated rings. The van der Waals surface area contributed by atoms with E-state index in [4.69, 9.17) is 13.9 Å². The Labute approximate surface area is 179 Å². The van der Waals surface area contributed by atoms with Crippen LogP contribution in [0.5, 0.6) is 11.5 Å². The molecule has 3 heterocycles. The van der Waals surface area contributed by atoms with Crippen molar-refractivity contribution < 1.29 is 23.5 Å². The molecule has 2 aliphatic rings. The molecule has 0 radical (unpaired) electrons. The Morgan fingerprint density at radius 1 is 1.13 bits per heavy atom. The molecule has 2 aromatic carbocycles. The zero-order chi connectivity index (χ0) is 20.9. The van der Waals surface area contributed by atoms with Crippen LogP contribution in [-0.4, -0.2) is 33.8 Å². The molecule has 10 heteroatoms. The maximum absolute atomic E-state index is 13.1. The number of benzene rings is 2. The summed E-state index contributed by atoms with van der Waals surface area (Å²) in [4.78, 5) is 26.8. The van der Waals surface area contributed by atoms with Gasteiger partial charge in [0.05, 0.1) is 5.56 Å². The summed E-state index contributed by atoms with van der Waals surface area (Å²) in [6.45, 7) is 1.63. The molecule has 1 saturated heterocycles. The van der Waals surface area contributed by atoms with Gasteiger partial charge in [-0.15, -0.1) is 10.2 Å². The van der Waals surface area contributed by atoms with E-state index in [1.807, 2.05) is 24.3 Å². The molecular weight excluding hydrogens is 456 g/mol. The van der Waals surface area contributed by atoms with Crippen LogP contribution < -0.4 is 14.8 Å². The number of imide groups is 1. The van der Waals surface area contributed by atoms with Crippen LogP contribution in [-0.2, 0) is 16.9 Å². The third kappa shape index (κ3) is 2.91. The Morgan fingerprint density at radius 3 is 2.77 bits per heavy atom. The standard InChI is InChI=1S/C20H15BrN4O5/c1-20(11-6-7-14-15(8-11)29-10-28-14)18(26)25(19(27)22-20)9-16-23-24-17(30-16)12-4-2-3-5-13(12)21/h2-8H,9-10H2,1H3,(H,22,27)/t20-/m0/s1. The summed E-state index contributed by atoms with van der Waals surface area (Å²) in [5.41, 5.74) is 0.0642. The second-order valence-corrected chi connectivity index (χ2v) is 7.85. The molecule has 0 bridgehead atoms. The van der Waals surface area contributed by atoms with Crippen molar-refractivity contribution in [2.24, 2.45) is 0 Å². The monoisotopic (exact) mass is 470 g/mol. The third-order valence-electron chi connectivity index (χ3n) is 5.09. The van der Waals surface area contributed by atoms with Crippen molar-refractivity contribution in [1.82, 2.24) is 20.4 Å². The molecule has 152 valence electrons. The Hall–Kier alpha value is -3.40. The van der Waals surface area contributed by atoms with Crippen LogP contribution in [0, 0.1) is 0 Å². The fourth-order valence-corrected chi connectivity index (χ4v) is 3.89. The number of hydrogen-bond donors (Lipinski definition) is 1. The largest absolute Gasteiger partial charge is 0.454 e. The zero-order valence-electron chi connectivity index (χ0n) is 15.7. The summed E-state index contributed by atoms with van der Waals surface area (Å²) in [6, 6.07) is 12.0. The van der Waals surface area contributed by atoms with Crippen molar-refractivity contribution >= 4 is 27.9 Å². The van der Waals surface area contributed by atoms with Crippen LogP contribution in [0.25, 0.3) is 11.5 Å². The quantitative estimate of drug-likeness (QED) is 0.583. The van der Waals surface area contributed by atoms with Crippen molar-refractivity contribution in [3.8, 4) is 23.0 Å². The average Bonchev–Trinajstić information content (AvgIpc) is 3.44. The number of ether oxygens (including phenoxy) is 2. The van der Waals surface area contributed by atoms with E-state index in [0.29, 0.717) is 23.0 Å². The number of halogens is 1. The van der Waals surface area contributed by atoms with Gasteiger partial charge in [0, 0.05) is 4.47 Å². The lowest BCUT2D eigenvalue weighted by Crippen LogP contribution is -2.40. The molecule has 9 nitrogen and oxygen atoms in total. The van der Waals surface area contributed by atoms with E-state index >= 15 is 0 Å². The fourth-order valence-electron chi connectivity index (χ4n) is 3.44. The molecule has 1 N–H and O–H groups in total. The van der Waals surface area contributed by atoms with Gasteiger partial charge in [0.15, 0.2) is 11.5 Å². The Bertz CT molecular complexity index is 1180. The van der Waals surface area contributed by atoms with Crippen molar-refractivity contribution in [2.45, 2.75) is 19.0 Å². The van der Waals surface area contributed by atoms with Crippen LogP contribution in [0.4, 0.5) is 4.79 Å². The van der Waals surface area contributed by atoms with Gasteiger partial charge >= 0.3 is 6.03 Å². The molecule has 1 atom stereocenters. The molecule has 30 heavy (non-hydrogen) atoms. The molecule has 3 aromatic rings. The summed E-state index contributed by atoms with van der Waals surface area (Å²) in [5.74, 6) is 1.15. The van der Waals surface area contributed by atoms with Crippen LogP contribution in [0.2, 0.25) is 0 Å². The number of fused-ring (bicyclic) bond motifs is 1. The summed E-state index contributed by atoms with van der Waals surface area (Å²) in [6.07, 6.45) is 0. The summed E-state index contributed by atoms with van der Waals surface area (Å²) in [5, 5.41) is 10.8. The molecule has 3 amide bonds. The lowest BCUT2D eigenvalue weighted by molar-refractivity contribution is -0.131. The number of urea groups is 1. The highest BCUT2D eigenvalue weighted by molar-refractivity contribution is 9.10. The van der Waals surface area contributed by atoms with E-state index in [1.165, 1.54) is 0 Å². The second kappa shape index (κ2) is 6.84. The first kappa shape index (κ1) is 18.6. The van der Waals surface area contributed by atoms with Crippen LogP contribution in [0.15, 0.2) is 51.4 Å². The lowest BCUT2D eigenvalue weighted by atomic mass is 9.91. The summed E-state index contributed by atoms with van der Waals surface area (Å²) >= 11 is 3.44. The summed E-state index contributed by atoms with van der Waals surface area (Å²) in [7, 11) is 0. The maximum Gasteiger partial charge on any atom is 0.325 e. The summed E-state index contributed by atoms with van der Waals surface area (Å²) < 4.78 is 17.2. The van der Waals surface area contributed by atoms with Gasteiger partial charge in [-0.2, -0.15) is 0 Å². The van der Waals surface area contributed by atoms with Gasteiger partial charge < -0.3 is 19.2 Å². The van der Waals surface area contributed by atoms with E-state index in [-0.39, 0.29) is 19.2 Å². The number of carbonyl (C=O) groups excluding carboxylic acids is 2. The minimum absolute atomic E-state index is 0.124. The van der Waals surface area contributed by atoms with Crippen LogP contribution in [0.3, 0.4) is 0 Å². The maximum atomic E-state index is 13.1. The molecule has 0 aliphatic carbocycles. The topological polar surface area (TPSA) is 107 Å². The first-order chi connectivity index (χ1) is 14.5. The number of carbonyl (C=O) groups is 2. The molecular formula is C20H15BrN4O5. The van der Waals surface area contributed by atoms with Gasteiger partial charge in [0.2, 0.25) is 18.6 Å². The second-order valence-electron chi connectivity index (χ2n) is 7.00. The van der Waals surface area contributed by atoms with Crippen LogP contribution in [0.1, 0.15) is 18.4 Å². The molecule has 2 aliphatic heterocycles. The number of nitrogens with zero attached hydrogens (tertiary/aromatic N) is 3. The highest BCUT2D eigenvalue weighted by atomic mass is 79.9. The molecule has 5 rings (SSSR count). The number of aromatic nitrogens is 2. The lowest BCUT2D eigenvalue weighted by Gasteiger charge is -2.22. The van der Waals surface area contributed by atoms with Crippen molar-refractivity contribution in [3.05, 3.63) is 58.4 Å². The van der Waals surface area contributed by atoms with Crippen molar-refractivity contribution in [1.29, 1.82) is 0 Å². The van der Waals surface area contributed by atoms with E-state index in [0.717, 1.165) is 14.9 Å². The van der Waals surface area contributed by atoms with Gasteiger partial charge in [-0.1, -0.05) is 18.2 Å². The molecule has 0 unspecified atom stereocenters. The SMILES string of the molecule is C[C@@]1(c2ccc3c(c2)OCO3)NC(=O)N(Cc2nnc(-c3ccccc3Br)o2)C1=O.